The van der Waals surface area contributed by atoms with E-state index in [1.165, 1.54) is 11.4 Å². The molecule has 2 aromatic rings. The maximum absolute atomic E-state index is 3.64. The fraction of sp³-hybridized carbons (Fsp3) is 0.200. The first kappa shape index (κ1) is 14.5. The maximum atomic E-state index is 3.64. The summed E-state index contributed by atoms with van der Waals surface area (Å²) in [6.45, 7) is 2.24. The van der Waals surface area contributed by atoms with E-state index >= 15 is 0 Å². The Bertz CT molecular complexity index is 673. The van der Waals surface area contributed by atoms with Crippen LogP contribution in [0.25, 0.3) is 0 Å². The van der Waals surface area contributed by atoms with Gasteiger partial charge in [0.1, 0.15) is 0 Å². The van der Waals surface area contributed by atoms with Gasteiger partial charge in [-0.05, 0) is 37.3 Å². The Labute approximate surface area is 132 Å². The number of nitrogens with one attached hydrogen (secondary N) is 1. The summed E-state index contributed by atoms with van der Waals surface area (Å²) in [6.07, 6.45) is 7.53. The molecule has 1 unspecified atom stereocenters. The van der Waals surface area contributed by atoms with Gasteiger partial charge in [0, 0.05) is 30.5 Å². The molecule has 112 valence electrons. The van der Waals surface area contributed by atoms with Crippen LogP contribution in [0.5, 0.6) is 0 Å². The van der Waals surface area contributed by atoms with E-state index in [0.717, 1.165) is 12.1 Å². The number of allylic oxidation sites excluding steroid dienone is 2. The highest BCUT2D eigenvalue weighted by Crippen LogP contribution is 2.30. The molecule has 0 aromatic heterocycles. The molecular weight excluding hydrogens is 268 g/mol. The monoisotopic (exact) mass is 290 g/mol. The number of para-hydroxylation sites is 2. The van der Waals surface area contributed by atoms with Crippen LogP contribution in [0.1, 0.15) is 13.3 Å². The standard InChI is InChI=1S/C20H22N2/c1-20(21-17-10-5-3-6-11-17)15-9-14-19(16-20)22(2)18-12-7-4-8-13-18/h3-15,21H,16H2,1-2H3. The summed E-state index contributed by atoms with van der Waals surface area (Å²) in [4.78, 5) is 2.26. The van der Waals surface area contributed by atoms with Gasteiger partial charge < -0.3 is 10.2 Å². The number of anilines is 2. The molecule has 22 heavy (non-hydrogen) atoms. The Balaban J connectivity index is 1.76. The number of benzene rings is 2. The Morgan fingerprint density at radius 1 is 0.955 bits per heavy atom. The van der Waals surface area contributed by atoms with Gasteiger partial charge in [-0.15, -0.1) is 0 Å². The molecule has 2 heteroatoms. The summed E-state index contributed by atoms with van der Waals surface area (Å²) in [5.41, 5.74) is 3.60. The molecule has 0 heterocycles. The molecule has 1 aliphatic carbocycles. The minimum atomic E-state index is -0.0749. The van der Waals surface area contributed by atoms with Gasteiger partial charge in [0.05, 0.1) is 5.54 Å². The topological polar surface area (TPSA) is 15.3 Å². The molecule has 0 radical (unpaired) electrons. The van der Waals surface area contributed by atoms with Crippen molar-refractivity contribution in [3.63, 3.8) is 0 Å². The lowest BCUT2D eigenvalue weighted by Crippen LogP contribution is -2.37. The summed E-state index contributed by atoms with van der Waals surface area (Å²) in [6, 6.07) is 20.9. The van der Waals surface area contributed by atoms with Crippen molar-refractivity contribution in [3.8, 4) is 0 Å². The summed E-state index contributed by atoms with van der Waals surface area (Å²) in [5.74, 6) is 0. The van der Waals surface area contributed by atoms with Crippen LogP contribution in [-0.2, 0) is 0 Å². The predicted molar refractivity (Wildman–Crippen MR) is 95.2 cm³/mol. The molecule has 3 rings (SSSR count). The number of nitrogens with zero attached hydrogens (tertiary/aromatic N) is 1. The van der Waals surface area contributed by atoms with Crippen LogP contribution < -0.4 is 10.2 Å². The van der Waals surface area contributed by atoms with Gasteiger partial charge in [-0.2, -0.15) is 0 Å². The molecule has 2 aromatic carbocycles. The first-order valence-electron chi connectivity index (χ1n) is 7.67. The van der Waals surface area contributed by atoms with Crippen molar-refractivity contribution < 1.29 is 0 Å². The lowest BCUT2D eigenvalue weighted by Gasteiger charge is -2.35. The minimum Gasteiger partial charge on any atom is -0.376 e. The van der Waals surface area contributed by atoms with E-state index in [2.05, 4.69) is 90.9 Å². The Hall–Kier alpha value is -2.48. The van der Waals surface area contributed by atoms with Crippen LogP contribution >= 0.6 is 0 Å². The van der Waals surface area contributed by atoms with Crippen LogP contribution in [0.4, 0.5) is 11.4 Å². The smallest absolute Gasteiger partial charge is 0.0585 e. The average Bonchev–Trinajstić information content (AvgIpc) is 2.55. The normalized spacial score (nSPS) is 20.4. The molecular formula is C20H22N2. The summed E-state index contributed by atoms with van der Waals surface area (Å²) >= 11 is 0. The van der Waals surface area contributed by atoms with Crippen LogP contribution in [0.3, 0.4) is 0 Å². The van der Waals surface area contributed by atoms with Gasteiger partial charge in [-0.3, -0.25) is 0 Å². The van der Waals surface area contributed by atoms with Gasteiger partial charge in [0.2, 0.25) is 0 Å². The molecule has 0 aliphatic heterocycles. The molecule has 1 N–H and O–H groups in total. The van der Waals surface area contributed by atoms with Gasteiger partial charge in [0.15, 0.2) is 0 Å². The molecule has 0 bridgehead atoms. The van der Waals surface area contributed by atoms with Crippen LogP contribution in [0.2, 0.25) is 0 Å². The molecule has 0 saturated heterocycles. The van der Waals surface area contributed by atoms with Gasteiger partial charge >= 0.3 is 0 Å². The van der Waals surface area contributed by atoms with Crippen LogP contribution in [0.15, 0.2) is 84.6 Å². The Morgan fingerprint density at radius 3 is 2.27 bits per heavy atom. The molecule has 1 atom stereocenters. The number of rotatable bonds is 4. The van der Waals surface area contributed by atoms with Crippen molar-refractivity contribution in [2.24, 2.45) is 0 Å². The van der Waals surface area contributed by atoms with Crippen molar-refractivity contribution in [2.75, 3.05) is 17.3 Å². The quantitative estimate of drug-likeness (QED) is 0.867. The van der Waals surface area contributed by atoms with Crippen molar-refractivity contribution >= 4 is 11.4 Å². The number of hydrogen-bond donors (Lipinski definition) is 1. The van der Waals surface area contributed by atoms with E-state index in [1.54, 1.807) is 0 Å². The van der Waals surface area contributed by atoms with E-state index in [0.29, 0.717) is 0 Å². The van der Waals surface area contributed by atoms with Crippen molar-refractivity contribution in [2.45, 2.75) is 18.9 Å². The third-order valence-electron chi connectivity index (χ3n) is 4.08. The zero-order valence-electron chi connectivity index (χ0n) is 13.2. The highest BCUT2D eigenvalue weighted by Gasteiger charge is 2.26. The fourth-order valence-corrected chi connectivity index (χ4v) is 2.85. The van der Waals surface area contributed by atoms with E-state index in [1.807, 2.05) is 12.1 Å². The second-order valence-electron chi connectivity index (χ2n) is 6.00. The third-order valence-corrected chi connectivity index (χ3v) is 4.08. The van der Waals surface area contributed by atoms with Crippen LogP contribution in [-0.4, -0.2) is 12.6 Å². The van der Waals surface area contributed by atoms with Gasteiger partial charge in [-0.25, -0.2) is 0 Å². The van der Waals surface area contributed by atoms with Crippen LogP contribution in [0, 0.1) is 0 Å². The highest BCUT2D eigenvalue weighted by molar-refractivity contribution is 5.55. The zero-order valence-corrected chi connectivity index (χ0v) is 13.2. The predicted octanol–water partition coefficient (Wildman–Crippen LogP) is 4.84. The number of hydrogen-bond acceptors (Lipinski definition) is 2. The van der Waals surface area contributed by atoms with Crippen molar-refractivity contribution in [1.29, 1.82) is 0 Å². The first-order valence-corrected chi connectivity index (χ1v) is 7.67. The molecule has 0 amide bonds. The zero-order chi connectivity index (χ0) is 15.4. The highest BCUT2D eigenvalue weighted by atomic mass is 15.1. The minimum absolute atomic E-state index is 0.0749. The second-order valence-corrected chi connectivity index (χ2v) is 6.00. The van der Waals surface area contributed by atoms with E-state index in [9.17, 15) is 0 Å². The van der Waals surface area contributed by atoms with Gasteiger partial charge in [0.25, 0.3) is 0 Å². The fourth-order valence-electron chi connectivity index (χ4n) is 2.85. The lowest BCUT2D eigenvalue weighted by atomic mass is 9.90. The van der Waals surface area contributed by atoms with Crippen molar-refractivity contribution in [3.05, 3.63) is 84.6 Å². The lowest BCUT2D eigenvalue weighted by molar-refractivity contribution is 0.610. The summed E-state index contributed by atoms with van der Waals surface area (Å²) < 4.78 is 0. The molecule has 0 saturated carbocycles. The molecule has 2 nitrogen and oxygen atoms in total. The Morgan fingerprint density at radius 2 is 1.59 bits per heavy atom. The average molecular weight is 290 g/mol. The molecule has 1 aliphatic rings. The largest absolute Gasteiger partial charge is 0.376 e. The third kappa shape index (κ3) is 3.22. The second kappa shape index (κ2) is 6.10. The van der Waals surface area contributed by atoms with E-state index in [-0.39, 0.29) is 5.54 Å². The maximum Gasteiger partial charge on any atom is 0.0585 e. The van der Waals surface area contributed by atoms with E-state index in [4.69, 9.17) is 0 Å². The summed E-state index contributed by atoms with van der Waals surface area (Å²) in [7, 11) is 2.13. The summed E-state index contributed by atoms with van der Waals surface area (Å²) in [5, 5.41) is 3.64. The first-order chi connectivity index (χ1) is 10.7. The molecule has 0 spiro atoms. The Kier molecular flexibility index (Phi) is 4.01. The SMILES string of the molecule is CN(C1=CC=CC(C)(Nc2ccccc2)C1)c1ccccc1. The molecule has 0 fully saturated rings. The van der Waals surface area contributed by atoms with Crippen molar-refractivity contribution in [1.82, 2.24) is 0 Å². The van der Waals surface area contributed by atoms with E-state index < -0.39 is 0 Å². The van der Waals surface area contributed by atoms with Gasteiger partial charge in [-0.1, -0.05) is 48.6 Å².